The van der Waals surface area contributed by atoms with E-state index in [1.165, 1.54) is 25.1 Å². The van der Waals surface area contributed by atoms with Crippen molar-refractivity contribution in [3.8, 4) is 0 Å². The molecule has 0 radical (unpaired) electrons. The highest BCUT2D eigenvalue weighted by atomic mass is 15.2. The number of hydrogen-bond acceptors (Lipinski definition) is 1. The van der Waals surface area contributed by atoms with Gasteiger partial charge < -0.3 is 4.90 Å². The third-order valence-corrected chi connectivity index (χ3v) is 3.99. The largest absolute Gasteiger partial charge is 0.367 e. The van der Waals surface area contributed by atoms with Gasteiger partial charge in [0, 0.05) is 23.7 Å². The van der Waals surface area contributed by atoms with Crippen molar-refractivity contribution in [2.24, 2.45) is 0 Å². The minimum atomic E-state index is 0.354. The lowest BCUT2D eigenvalue weighted by atomic mass is 9.79. The van der Waals surface area contributed by atoms with Crippen molar-refractivity contribution in [3.63, 3.8) is 0 Å². The summed E-state index contributed by atoms with van der Waals surface area (Å²) >= 11 is 0. The average Bonchev–Trinajstić information content (AvgIpc) is 2.72. The summed E-state index contributed by atoms with van der Waals surface area (Å²) in [6.45, 7) is 6.04. The van der Waals surface area contributed by atoms with Gasteiger partial charge in [0.15, 0.2) is 0 Å². The first-order valence-electron chi connectivity index (χ1n) is 5.57. The third-order valence-electron chi connectivity index (χ3n) is 3.99. The van der Waals surface area contributed by atoms with Crippen molar-refractivity contribution in [1.29, 1.82) is 0 Å². The van der Waals surface area contributed by atoms with E-state index in [1.807, 2.05) is 0 Å². The first-order valence-corrected chi connectivity index (χ1v) is 5.57. The average molecular weight is 187 g/mol. The van der Waals surface area contributed by atoms with E-state index in [0.29, 0.717) is 5.41 Å². The summed E-state index contributed by atoms with van der Waals surface area (Å²) in [5, 5.41) is 0. The van der Waals surface area contributed by atoms with Gasteiger partial charge in [-0.25, -0.2) is 0 Å². The van der Waals surface area contributed by atoms with E-state index in [0.717, 1.165) is 6.04 Å². The van der Waals surface area contributed by atoms with Gasteiger partial charge in [-0.3, -0.25) is 0 Å². The van der Waals surface area contributed by atoms with E-state index in [9.17, 15) is 0 Å². The summed E-state index contributed by atoms with van der Waals surface area (Å²) in [5.74, 6) is 0. The van der Waals surface area contributed by atoms with Crippen LogP contribution in [0.4, 0.5) is 5.69 Å². The van der Waals surface area contributed by atoms with Crippen LogP contribution >= 0.6 is 0 Å². The Kier molecular flexibility index (Phi) is 1.51. The van der Waals surface area contributed by atoms with Crippen LogP contribution in [0.2, 0.25) is 0 Å². The number of para-hydroxylation sites is 1. The molecule has 3 rings (SSSR count). The smallest absolute Gasteiger partial charge is 0.0407 e. The lowest BCUT2D eigenvalue weighted by molar-refractivity contribution is 0.439. The van der Waals surface area contributed by atoms with Gasteiger partial charge in [-0.05, 0) is 24.5 Å². The molecule has 2 aliphatic heterocycles. The molecule has 1 fully saturated rings. The van der Waals surface area contributed by atoms with E-state index < -0.39 is 0 Å². The molecule has 1 nitrogen and oxygen atoms in total. The Balaban J connectivity index is 2.20. The Morgan fingerprint density at radius 3 is 2.93 bits per heavy atom. The van der Waals surface area contributed by atoms with Crippen LogP contribution < -0.4 is 4.90 Å². The summed E-state index contributed by atoms with van der Waals surface area (Å²) in [6, 6.07) is 9.66. The van der Waals surface area contributed by atoms with E-state index in [-0.39, 0.29) is 0 Å². The maximum Gasteiger partial charge on any atom is 0.0407 e. The molecule has 1 heteroatoms. The number of anilines is 1. The summed E-state index contributed by atoms with van der Waals surface area (Å²) in [5.41, 5.74) is 3.39. The predicted molar refractivity (Wildman–Crippen MR) is 59.8 cm³/mol. The first-order chi connectivity index (χ1) is 6.71. The second kappa shape index (κ2) is 2.53. The van der Waals surface area contributed by atoms with Gasteiger partial charge in [0.25, 0.3) is 0 Å². The molecular weight excluding hydrogens is 170 g/mol. The zero-order valence-corrected chi connectivity index (χ0v) is 8.96. The zero-order chi connectivity index (χ0) is 9.76. The van der Waals surface area contributed by atoms with Crippen LogP contribution in [-0.4, -0.2) is 12.6 Å². The molecule has 74 valence electrons. The molecule has 0 N–H and O–H groups in total. The highest BCUT2D eigenvalue weighted by Crippen LogP contribution is 2.48. The van der Waals surface area contributed by atoms with Gasteiger partial charge in [0.05, 0.1) is 0 Å². The fourth-order valence-electron chi connectivity index (χ4n) is 3.25. The van der Waals surface area contributed by atoms with Gasteiger partial charge in [0.2, 0.25) is 0 Å². The molecule has 0 saturated carbocycles. The highest BCUT2D eigenvalue weighted by Gasteiger charge is 2.45. The normalized spacial score (nSPS) is 27.6. The van der Waals surface area contributed by atoms with E-state index in [4.69, 9.17) is 0 Å². The molecule has 1 saturated heterocycles. The maximum absolute atomic E-state index is 2.61. The maximum atomic E-state index is 2.61. The summed E-state index contributed by atoms with van der Waals surface area (Å²) in [7, 11) is 0. The quantitative estimate of drug-likeness (QED) is 0.603. The minimum absolute atomic E-state index is 0.354. The van der Waals surface area contributed by atoms with Crippen molar-refractivity contribution >= 4 is 5.69 Å². The molecule has 0 amide bonds. The van der Waals surface area contributed by atoms with Crippen LogP contribution in [0.5, 0.6) is 0 Å². The highest BCUT2D eigenvalue weighted by molar-refractivity contribution is 5.64. The second-order valence-corrected chi connectivity index (χ2v) is 5.09. The molecule has 1 unspecified atom stereocenters. The predicted octanol–water partition coefficient (Wildman–Crippen LogP) is 2.95. The molecular formula is C13H17N. The molecule has 0 aliphatic carbocycles. The molecule has 0 spiro atoms. The van der Waals surface area contributed by atoms with Gasteiger partial charge >= 0.3 is 0 Å². The molecule has 1 atom stereocenters. The third kappa shape index (κ3) is 0.853. The van der Waals surface area contributed by atoms with Crippen molar-refractivity contribution in [3.05, 3.63) is 29.8 Å². The Morgan fingerprint density at radius 1 is 1.29 bits per heavy atom. The Morgan fingerprint density at radius 2 is 2.07 bits per heavy atom. The van der Waals surface area contributed by atoms with E-state index >= 15 is 0 Å². The van der Waals surface area contributed by atoms with Gasteiger partial charge in [0.1, 0.15) is 0 Å². The Labute approximate surface area is 85.7 Å². The van der Waals surface area contributed by atoms with Crippen LogP contribution in [0.3, 0.4) is 0 Å². The monoisotopic (exact) mass is 187 g/mol. The van der Waals surface area contributed by atoms with Gasteiger partial charge in [-0.2, -0.15) is 0 Å². The standard InChI is InChI=1S/C13H17N/c1-13(2)10-6-3-4-7-11(10)14-9-5-8-12(13)14/h3-4,6-7,12H,5,8-9H2,1-2H3. The number of nitrogens with zero attached hydrogens (tertiary/aromatic N) is 1. The van der Waals surface area contributed by atoms with Crippen molar-refractivity contribution in [2.45, 2.75) is 38.1 Å². The van der Waals surface area contributed by atoms with Crippen LogP contribution in [0.25, 0.3) is 0 Å². The summed E-state index contributed by atoms with van der Waals surface area (Å²) < 4.78 is 0. The molecule has 1 aromatic carbocycles. The number of benzene rings is 1. The van der Waals surface area contributed by atoms with E-state index in [1.54, 1.807) is 5.56 Å². The molecule has 14 heavy (non-hydrogen) atoms. The first kappa shape index (κ1) is 8.34. The summed E-state index contributed by atoms with van der Waals surface area (Å²) in [4.78, 5) is 2.61. The molecule has 2 heterocycles. The zero-order valence-electron chi connectivity index (χ0n) is 8.96. The number of hydrogen-bond donors (Lipinski definition) is 0. The lowest BCUT2D eigenvalue weighted by Crippen LogP contribution is -2.36. The fourth-order valence-corrected chi connectivity index (χ4v) is 3.25. The summed E-state index contributed by atoms with van der Waals surface area (Å²) in [6.07, 6.45) is 2.73. The topological polar surface area (TPSA) is 3.24 Å². The van der Waals surface area contributed by atoms with E-state index in [2.05, 4.69) is 43.0 Å². The van der Waals surface area contributed by atoms with Gasteiger partial charge in [-0.15, -0.1) is 0 Å². The number of rotatable bonds is 0. The Bertz CT molecular complexity index is 367. The SMILES string of the molecule is CC1(C)c2ccccc2N2CCCC21. The molecule has 0 aromatic heterocycles. The van der Waals surface area contributed by atoms with Crippen molar-refractivity contribution in [2.75, 3.05) is 11.4 Å². The Hall–Kier alpha value is -0.980. The molecule has 0 bridgehead atoms. The lowest BCUT2D eigenvalue weighted by Gasteiger charge is -2.28. The van der Waals surface area contributed by atoms with Crippen LogP contribution in [-0.2, 0) is 5.41 Å². The van der Waals surface area contributed by atoms with Crippen LogP contribution in [0.15, 0.2) is 24.3 Å². The van der Waals surface area contributed by atoms with Crippen molar-refractivity contribution in [1.82, 2.24) is 0 Å². The fraction of sp³-hybridized carbons (Fsp3) is 0.538. The van der Waals surface area contributed by atoms with Gasteiger partial charge in [-0.1, -0.05) is 32.0 Å². The van der Waals surface area contributed by atoms with Crippen molar-refractivity contribution < 1.29 is 0 Å². The van der Waals surface area contributed by atoms with Crippen LogP contribution in [0, 0.1) is 0 Å². The van der Waals surface area contributed by atoms with Crippen LogP contribution in [0.1, 0.15) is 32.3 Å². The molecule has 1 aromatic rings. The minimum Gasteiger partial charge on any atom is -0.367 e. The number of fused-ring (bicyclic) bond motifs is 3. The molecule has 2 aliphatic rings. The second-order valence-electron chi connectivity index (χ2n) is 5.09.